The zero-order valence-electron chi connectivity index (χ0n) is 17.9. The molecule has 1 heterocycles. The number of carbonyl (C=O) groups excluding carboxylic acids is 1. The summed E-state index contributed by atoms with van der Waals surface area (Å²) in [6.07, 6.45) is 14.5. The van der Waals surface area contributed by atoms with Crippen molar-refractivity contribution in [3.8, 4) is 0 Å². The van der Waals surface area contributed by atoms with Gasteiger partial charge >= 0.3 is 5.97 Å². The third-order valence-corrected chi connectivity index (χ3v) is 8.97. The number of fused-ring (bicyclic) bond motifs is 5. The number of hydrazone groups is 1. The molecule has 0 amide bonds. The monoisotopic (exact) mass is 425 g/mol. The van der Waals surface area contributed by atoms with Crippen molar-refractivity contribution in [1.82, 2.24) is 5.43 Å². The van der Waals surface area contributed by atoms with Gasteiger partial charge in [-0.15, -0.1) is 0 Å². The van der Waals surface area contributed by atoms with E-state index in [1.165, 1.54) is 37.0 Å². The third-order valence-electron chi connectivity index (χ3n) is 8.87. The fourth-order valence-electron chi connectivity index (χ4n) is 7.28. The molecule has 0 aromatic heterocycles. The van der Waals surface area contributed by atoms with Crippen molar-refractivity contribution >= 4 is 29.0 Å². The molecular weight excluding hydrogens is 394 g/mol. The Balaban J connectivity index is 1.36. The Morgan fingerprint density at radius 2 is 2.10 bits per heavy atom. The number of allylic oxidation sites excluding steroid dienone is 3. The summed E-state index contributed by atoms with van der Waals surface area (Å²) >= 11 is 4.90. The van der Waals surface area contributed by atoms with E-state index < -0.39 is 0 Å². The first-order valence-corrected chi connectivity index (χ1v) is 11.6. The molecule has 0 bridgehead atoms. The lowest BCUT2D eigenvalue weighted by molar-refractivity contribution is -0.134. The number of thiocarbonyl (C=S) groups is 1. The first-order chi connectivity index (χ1) is 14.3. The number of nitrogens with two attached hydrogens (primary N) is 1. The minimum absolute atomic E-state index is 0.0617. The van der Waals surface area contributed by atoms with E-state index in [2.05, 4.69) is 36.5 Å². The normalized spacial score (nSPS) is 41.1. The lowest BCUT2D eigenvalue weighted by Crippen LogP contribution is -2.51. The van der Waals surface area contributed by atoms with E-state index in [4.69, 9.17) is 22.7 Å². The second-order valence-corrected chi connectivity index (χ2v) is 10.6. The molecular formula is C24H31N3O2S. The maximum absolute atomic E-state index is 11.6. The highest BCUT2D eigenvalue weighted by molar-refractivity contribution is 7.80. The molecule has 5 nitrogen and oxygen atoms in total. The van der Waals surface area contributed by atoms with Crippen molar-refractivity contribution < 1.29 is 9.53 Å². The number of hydrogen-bond acceptors (Lipinski definition) is 4. The number of carbonyl (C=O) groups is 1. The summed E-state index contributed by atoms with van der Waals surface area (Å²) in [6, 6.07) is 0. The molecule has 4 aliphatic carbocycles. The number of esters is 1. The van der Waals surface area contributed by atoms with Gasteiger partial charge in [0.2, 0.25) is 0 Å². The first-order valence-electron chi connectivity index (χ1n) is 11.2. The van der Waals surface area contributed by atoms with E-state index >= 15 is 0 Å². The maximum Gasteiger partial charge on any atom is 0.331 e. The molecule has 0 saturated heterocycles. The zero-order chi connectivity index (χ0) is 21.1. The summed E-state index contributed by atoms with van der Waals surface area (Å²) in [5.41, 5.74) is 14.0. The van der Waals surface area contributed by atoms with Gasteiger partial charge in [0.15, 0.2) is 5.11 Å². The van der Waals surface area contributed by atoms with Gasteiger partial charge in [0.25, 0.3) is 0 Å². The molecule has 0 radical (unpaired) electrons. The van der Waals surface area contributed by atoms with Gasteiger partial charge in [0.1, 0.15) is 6.61 Å². The van der Waals surface area contributed by atoms with Crippen LogP contribution < -0.4 is 11.2 Å². The van der Waals surface area contributed by atoms with Crippen LogP contribution in [0.2, 0.25) is 0 Å². The van der Waals surface area contributed by atoms with Crippen LogP contribution in [0.4, 0.5) is 0 Å². The van der Waals surface area contributed by atoms with Crippen LogP contribution >= 0.6 is 12.2 Å². The Hall–Kier alpha value is -1.95. The number of nitrogens with zero attached hydrogens (tertiary/aromatic N) is 1. The molecule has 5 aliphatic rings. The van der Waals surface area contributed by atoms with Gasteiger partial charge in [-0.1, -0.05) is 31.6 Å². The van der Waals surface area contributed by atoms with Crippen LogP contribution in [0.1, 0.15) is 58.8 Å². The first kappa shape index (κ1) is 20.0. The predicted octanol–water partition coefficient (Wildman–Crippen LogP) is 4.16. The number of nitrogens with one attached hydrogen (secondary N) is 1. The summed E-state index contributed by atoms with van der Waals surface area (Å²) in [7, 11) is 0. The highest BCUT2D eigenvalue weighted by Gasteiger charge is 2.56. The molecule has 30 heavy (non-hydrogen) atoms. The molecule has 3 saturated carbocycles. The van der Waals surface area contributed by atoms with E-state index in [0.717, 1.165) is 30.8 Å². The van der Waals surface area contributed by atoms with Crippen LogP contribution in [0.5, 0.6) is 0 Å². The summed E-state index contributed by atoms with van der Waals surface area (Å²) in [5, 5.41) is 4.71. The highest BCUT2D eigenvalue weighted by atomic mass is 32.1. The van der Waals surface area contributed by atoms with Gasteiger partial charge in [-0.2, -0.15) is 5.10 Å². The second kappa shape index (κ2) is 7.04. The lowest BCUT2D eigenvalue weighted by atomic mass is 9.46. The summed E-state index contributed by atoms with van der Waals surface area (Å²) in [5.74, 6) is 1.85. The van der Waals surface area contributed by atoms with Crippen molar-refractivity contribution in [1.29, 1.82) is 0 Å². The maximum atomic E-state index is 11.6. The van der Waals surface area contributed by atoms with Crippen molar-refractivity contribution in [2.45, 2.75) is 58.8 Å². The molecule has 1 aliphatic heterocycles. The standard InChI is InChI=1S/C24H31N3O2S/c1-23-9-7-16(26-27-22(25)30)12-15(23)3-4-17-19-6-5-18(14-11-21(28)29-13-14)24(19,2)10-8-20(17)23/h5-6,11,15,17,20H,3-4,7-10,12-13H2,1-2H3,(H3,25,27,30)/t15-,17+,20+,23+,24-/m1/s1. The fourth-order valence-corrected chi connectivity index (χ4v) is 7.33. The minimum Gasteiger partial charge on any atom is -0.458 e. The van der Waals surface area contributed by atoms with Gasteiger partial charge in [-0.05, 0) is 85.9 Å². The molecule has 0 aromatic rings. The average molecular weight is 426 g/mol. The van der Waals surface area contributed by atoms with Gasteiger partial charge in [-0.3, -0.25) is 5.43 Å². The van der Waals surface area contributed by atoms with E-state index in [1.54, 1.807) is 11.6 Å². The molecule has 3 fully saturated rings. The summed E-state index contributed by atoms with van der Waals surface area (Å²) in [6.45, 7) is 5.35. The van der Waals surface area contributed by atoms with Gasteiger partial charge in [-0.25, -0.2) is 4.79 Å². The van der Waals surface area contributed by atoms with E-state index in [9.17, 15) is 4.79 Å². The highest BCUT2D eigenvalue weighted by Crippen LogP contribution is 2.65. The molecule has 0 spiro atoms. The Morgan fingerprint density at radius 1 is 1.27 bits per heavy atom. The largest absolute Gasteiger partial charge is 0.458 e. The van der Waals surface area contributed by atoms with Crippen LogP contribution in [0, 0.1) is 28.6 Å². The molecule has 6 heteroatoms. The lowest BCUT2D eigenvalue weighted by Gasteiger charge is -2.58. The van der Waals surface area contributed by atoms with E-state index in [-0.39, 0.29) is 16.5 Å². The van der Waals surface area contributed by atoms with E-state index in [1.807, 2.05) is 0 Å². The van der Waals surface area contributed by atoms with Crippen LogP contribution in [0.25, 0.3) is 0 Å². The molecule has 160 valence electrons. The van der Waals surface area contributed by atoms with Crippen LogP contribution in [0.15, 0.2) is 40.0 Å². The fraction of sp³-hybridized carbons (Fsp3) is 0.625. The average Bonchev–Trinajstić information content (AvgIpc) is 3.28. The molecule has 3 N–H and O–H groups in total. The number of hydrogen-bond donors (Lipinski definition) is 2. The second-order valence-electron chi connectivity index (χ2n) is 10.2. The van der Waals surface area contributed by atoms with Crippen LogP contribution in [-0.2, 0) is 9.53 Å². The van der Waals surface area contributed by atoms with Gasteiger partial charge in [0, 0.05) is 22.8 Å². The number of rotatable bonds is 2. The summed E-state index contributed by atoms with van der Waals surface area (Å²) in [4.78, 5) is 11.6. The van der Waals surface area contributed by atoms with Crippen molar-refractivity contribution in [3.63, 3.8) is 0 Å². The topological polar surface area (TPSA) is 76.7 Å². The van der Waals surface area contributed by atoms with Crippen molar-refractivity contribution in [2.24, 2.45) is 39.4 Å². The van der Waals surface area contributed by atoms with Crippen molar-refractivity contribution in [2.75, 3.05) is 6.61 Å². The Bertz CT molecular complexity index is 933. The molecule has 5 rings (SSSR count). The van der Waals surface area contributed by atoms with Gasteiger partial charge < -0.3 is 10.5 Å². The third kappa shape index (κ3) is 2.98. The number of ether oxygens (including phenoxy) is 1. The van der Waals surface area contributed by atoms with Gasteiger partial charge in [0.05, 0.1) is 0 Å². The van der Waals surface area contributed by atoms with Crippen LogP contribution in [-0.4, -0.2) is 23.4 Å². The van der Waals surface area contributed by atoms with Crippen LogP contribution in [0.3, 0.4) is 0 Å². The van der Waals surface area contributed by atoms with Crippen molar-refractivity contribution in [3.05, 3.63) is 34.9 Å². The minimum atomic E-state index is -0.200. The predicted molar refractivity (Wildman–Crippen MR) is 122 cm³/mol. The number of cyclic esters (lactones) is 1. The zero-order valence-corrected chi connectivity index (χ0v) is 18.7. The smallest absolute Gasteiger partial charge is 0.331 e. The van der Waals surface area contributed by atoms with E-state index in [0.29, 0.717) is 23.9 Å². The Morgan fingerprint density at radius 3 is 2.83 bits per heavy atom. The Labute approximate surface area is 183 Å². The summed E-state index contributed by atoms with van der Waals surface area (Å²) < 4.78 is 5.21. The molecule has 0 aromatic carbocycles. The molecule has 5 atom stereocenters. The Kier molecular flexibility index (Phi) is 4.69. The molecule has 0 unspecified atom stereocenters. The SMILES string of the molecule is C[C@]12CC[C@H]3[C@@H](CC[C@@H]4CC(=NNC(N)=S)CC[C@@]43C)C1=CC=C2C1=CC(=O)OC1. The quantitative estimate of drug-likeness (QED) is 0.395.